The van der Waals surface area contributed by atoms with E-state index in [1.54, 1.807) is 7.11 Å². The zero-order valence-electron chi connectivity index (χ0n) is 9.62. The van der Waals surface area contributed by atoms with E-state index < -0.39 is 0 Å². The highest BCUT2D eigenvalue weighted by Crippen LogP contribution is 2.27. The van der Waals surface area contributed by atoms with Gasteiger partial charge in [-0.25, -0.2) is 0 Å². The van der Waals surface area contributed by atoms with Crippen molar-refractivity contribution in [2.75, 3.05) is 7.11 Å². The summed E-state index contributed by atoms with van der Waals surface area (Å²) in [4.78, 5) is 11.8. The van der Waals surface area contributed by atoms with E-state index in [2.05, 4.69) is 0 Å². The predicted molar refractivity (Wildman–Crippen MR) is 61.3 cm³/mol. The lowest BCUT2D eigenvalue weighted by molar-refractivity contribution is -0.120. The number of ketones is 1. The van der Waals surface area contributed by atoms with Crippen molar-refractivity contribution in [3.63, 3.8) is 0 Å². The van der Waals surface area contributed by atoms with Crippen LogP contribution in [0.1, 0.15) is 38.2 Å². The van der Waals surface area contributed by atoms with Crippen LogP contribution in [-0.2, 0) is 4.79 Å². The Morgan fingerprint density at radius 1 is 1.40 bits per heavy atom. The molecule has 0 amide bonds. The van der Waals surface area contributed by atoms with Gasteiger partial charge in [0.15, 0.2) is 0 Å². The van der Waals surface area contributed by atoms with E-state index in [4.69, 9.17) is 4.74 Å². The summed E-state index contributed by atoms with van der Waals surface area (Å²) >= 11 is 0. The molecule has 0 spiro atoms. The molecule has 1 aromatic rings. The number of methoxy groups -OCH3 is 1. The number of hydrogen-bond acceptors (Lipinski definition) is 2. The first-order chi connectivity index (χ1) is 7.20. The average molecular weight is 206 g/mol. The number of ether oxygens (including phenoxy) is 1. The predicted octanol–water partition coefficient (Wildman–Crippen LogP) is 3.17. The van der Waals surface area contributed by atoms with Crippen molar-refractivity contribution in [1.29, 1.82) is 0 Å². The molecule has 0 bridgehead atoms. The Labute approximate surface area is 91.3 Å². The molecule has 0 N–H and O–H groups in total. The summed E-state index contributed by atoms with van der Waals surface area (Å²) in [5, 5.41) is 0. The fourth-order valence-electron chi connectivity index (χ4n) is 1.66. The molecule has 0 aliphatic heterocycles. The molecule has 1 rings (SSSR count). The summed E-state index contributed by atoms with van der Waals surface area (Å²) in [6.07, 6.45) is 1.54. The molecule has 0 aliphatic rings. The summed E-state index contributed by atoms with van der Waals surface area (Å²) < 4.78 is 5.24. The Morgan fingerprint density at radius 2 is 2.07 bits per heavy atom. The topological polar surface area (TPSA) is 26.3 Å². The van der Waals surface area contributed by atoms with E-state index in [9.17, 15) is 4.79 Å². The molecule has 1 atom stereocenters. The van der Waals surface area contributed by atoms with Gasteiger partial charge in [-0.1, -0.05) is 32.0 Å². The van der Waals surface area contributed by atoms with Gasteiger partial charge < -0.3 is 4.74 Å². The summed E-state index contributed by atoms with van der Waals surface area (Å²) in [5.41, 5.74) is 0.985. The van der Waals surface area contributed by atoms with Crippen molar-refractivity contribution >= 4 is 5.78 Å². The molecular formula is C13H18O2. The highest BCUT2D eigenvalue weighted by Gasteiger charge is 2.17. The average Bonchev–Trinajstić information content (AvgIpc) is 2.28. The first-order valence-corrected chi connectivity index (χ1v) is 5.36. The molecule has 2 nitrogen and oxygen atoms in total. The van der Waals surface area contributed by atoms with Crippen LogP contribution in [0.4, 0.5) is 0 Å². The van der Waals surface area contributed by atoms with Crippen molar-refractivity contribution in [2.24, 2.45) is 0 Å². The van der Waals surface area contributed by atoms with Gasteiger partial charge in [-0.15, -0.1) is 0 Å². The summed E-state index contributed by atoms with van der Waals surface area (Å²) in [6.45, 7) is 3.96. The Hall–Kier alpha value is -1.31. The lowest BCUT2D eigenvalue weighted by atomic mass is 9.93. The van der Waals surface area contributed by atoms with E-state index >= 15 is 0 Å². The normalized spacial score (nSPS) is 12.2. The van der Waals surface area contributed by atoms with Gasteiger partial charge in [-0.2, -0.15) is 0 Å². The molecular weight excluding hydrogens is 188 g/mol. The Morgan fingerprint density at radius 3 is 2.67 bits per heavy atom. The Kier molecular flexibility index (Phi) is 4.35. The van der Waals surface area contributed by atoms with E-state index in [-0.39, 0.29) is 11.7 Å². The standard InChI is InChI=1S/C13H18O2/c1-4-7-12(14)10(2)11-8-5-6-9-13(11)15-3/h5-6,8-10H,4,7H2,1-3H3. The molecule has 0 aliphatic carbocycles. The number of rotatable bonds is 5. The van der Waals surface area contributed by atoms with Crippen molar-refractivity contribution in [3.05, 3.63) is 29.8 Å². The second kappa shape index (κ2) is 5.54. The molecule has 15 heavy (non-hydrogen) atoms. The van der Waals surface area contributed by atoms with Crippen molar-refractivity contribution in [1.82, 2.24) is 0 Å². The summed E-state index contributed by atoms with van der Waals surface area (Å²) in [6, 6.07) is 7.70. The third-order valence-corrected chi connectivity index (χ3v) is 2.58. The molecule has 0 saturated carbocycles. The van der Waals surface area contributed by atoms with Gasteiger partial charge in [-0.05, 0) is 12.5 Å². The van der Waals surface area contributed by atoms with Crippen LogP contribution in [0.25, 0.3) is 0 Å². The number of carbonyl (C=O) groups excluding carboxylic acids is 1. The third-order valence-electron chi connectivity index (χ3n) is 2.58. The Bertz CT molecular complexity index is 331. The molecule has 0 radical (unpaired) electrons. The number of benzene rings is 1. The largest absolute Gasteiger partial charge is 0.496 e. The van der Waals surface area contributed by atoms with Gasteiger partial charge in [0.2, 0.25) is 0 Å². The fraction of sp³-hybridized carbons (Fsp3) is 0.462. The quantitative estimate of drug-likeness (QED) is 0.739. The zero-order valence-corrected chi connectivity index (χ0v) is 9.62. The highest BCUT2D eigenvalue weighted by molar-refractivity contribution is 5.85. The van der Waals surface area contributed by atoms with Crippen LogP contribution in [0.3, 0.4) is 0 Å². The third kappa shape index (κ3) is 2.82. The van der Waals surface area contributed by atoms with Gasteiger partial charge in [0.25, 0.3) is 0 Å². The first-order valence-electron chi connectivity index (χ1n) is 5.36. The molecule has 1 aromatic carbocycles. The number of para-hydroxylation sites is 1. The van der Waals surface area contributed by atoms with Crippen LogP contribution in [-0.4, -0.2) is 12.9 Å². The maximum Gasteiger partial charge on any atom is 0.140 e. The van der Waals surface area contributed by atoms with E-state index in [1.807, 2.05) is 38.1 Å². The van der Waals surface area contributed by atoms with Crippen molar-refractivity contribution < 1.29 is 9.53 Å². The maximum atomic E-state index is 11.8. The van der Waals surface area contributed by atoms with Gasteiger partial charge in [0.05, 0.1) is 7.11 Å². The molecule has 2 heteroatoms. The molecule has 0 fully saturated rings. The lowest BCUT2D eigenvalue weighted by Crippen LogP contribution is -2.09. The van der Waals surface area contributed by atoms with Crippen molar-refractivity contribution in [3.8, 4) is 5.75 Å². The van der Waals surface area contributed by atoms with Crippen molar-refractivity contribution in [2.45, 2.75) is 32.6 Å². The van der Waals surface area contributed by atoms with Crippen LogP contribution in [0.5, 0.6) is 5.75 Å². The first kappa shape index (κ1) is 11.8. The zero-order chi connectivity index (χ0) is 11.3. The maximum absolute atomic E-state index is 11.8. The molecule has 0 aromatic heterocycles. The van der Waals surface area contributed by atoms with Gasteiger partial charge in [0.1, 0.15) is 11.5 Å². The van der Waals surface area contributed by atoms with Crippen LogP contribution >= 0.6 is 0 Å². The van der Waals surface area contributed by atoms with E-state index in [0.717, 1.165) is 17.7 Å². The number of carbonyl (C=O) groups is 1. The monoisotopic (exact) mass is 206 g/mol. The molecule has 82 valence electrons. The lowest BCUT2D eigenvalue weighted by Gasteiger charge is -2.14. The second-order valence-corrected chi connectivity index (χ2v) is 3.68. The van der Waals surface area contributed by atoms with Crippen LogP contribution in [0.2, 0.25) is 0 Å². The van der Waals surface area contributed by atoms with Gasteiger partial charge in [-0.3, -0.25) is 4.79 Å². The minimum Gasteiger partial charge on any atom is -0.496 e. The van der Waals surface area contributed by atoms with Gasteiger partial charge >= 0.3 is 0 Å². The minimum absolute atomic E-state index is 0.0684. The van der Waals surface area contributed by atoms with Crippen LogP contribution in [0, 0.1) is 0 Å². The molecule has 0 saturated heterocycles. The smallest absolute Gasteiger partial charge is 0.140 e. The van der Waals surface area contributed by atoms with E-state index in [1.165, 1.54) is 0 Å². The SMILES string of the molecule is CCCC(=O)C(C)c1ccccc1OC. The van der Waals surface area contributed by atoms with Crippen LogP contribution in [0.15, 0.2) is 24.3 Å². The molecule has 1 unspecified atom stereocenters. The number of hydrogen-bond donors (Lipinski definition) is 0. The minimum atomic E-state index is -0.0684. The molecule has 0 heterocycles. The second-order valence-electron chi connectivity index (χ2n) is 3.68. The summed E-state index contributed by atoms with van der Waals surface area (Å²) in [7, 11) is 1.63. The Balaban J connectivity index is 2.89. The fourth-order valence-corrected chi connectivity index (χ4v) is 1.66. The van der Waals surface area contributed by atoms with Crippen LogP contribution < -0.4 is 4.74 Å². The highest BCUT2D eigenvalue weighted by atomic mass is 16.5. The number of Topliss-reactive ketones (excluding diaryl/α,β-unsaturated/α-hetero) is 1. The summed E-state index contributed by atoms with van der Waals surface area (Å²) in [5.74, 6) is 1.01. The van der Waals surface area contributed by atoms with E-state index in [0.29, 0.717) is 6.42 Å². The van der Waals surface area contributed by atoms with Gasteiger partial charge in [0, 0.05) is 17.9 Å².